The van der Waals surface area contributed by atoms with Crippen LogP contribution in [-0.4, -0.2) is 65.7 Å². The maximum Gasteiger partial charge on any atom is 0.472 e. The highest BCUT2D eigenvalue weighted by molar-refractivity contribution is 7.47. The second kappa shape index (κ2) is 25.7. The largest absolute Gasteiger partial charge is 0.472 e. The molecule has 0 aromatic rings. The molecule has 0 radical (unpaired) electrons. The molecule has 3 N–H and O–H groups in total. The summed E-state index contributed by atoms with van der Waals surface area (Å²) in [7, 11) is -4.60. The summed E-state index contributed by atoms with van der Waals surface area (Å²) in [5.41, 5.74) is 0. The van der Waals surface area contributed by atoms with Crippen molar-refractivity contribution in [1.82, 2.24) is 0 Å². The van der Waals surface area contributed by atoms with Crippen LogP contribution in [0.15, 0.2) is 12.2 Å². The van der Waals surface area contributed by atoms with Gasteiger partial charge in [-0.2, -0.15) is 0 Å². The molecule has 0 bridgehead atoms. The van der Waals surface area contributed by atoms with Gasteiger partial charge in [0.05, 0.1) is 26.4 Å². The second-order valence-electron chi connectivity index (χ2n) is 9.73. The molecule has 0 aromatic carbocycles. The van der Waals surface area contributed by atoms with Gasteiger partial charge in [0.2, 0.25) is 0 Å². The Morgan fingerprint density at radius 2 is 1.05 bits per heavy atom. The fourth-order valence-electron chi connectivity index (χ4n) is 3.64. The van der Waals surface area contributed by atoms with Gasteiger partial charge in [-0.15, -0.1) is 0 Å². The van der Waals surface area contributed by atoms with E-state index in [1.165, 1.54) is 19.3 Å². The standard InChI is InChI=1S/C28H53O10P/c1-3-5-7-9-10-11-12-13-14-15-16-18-20-28(32)38-26(22-30)24-36-39(33,34)35-23-25(21-29)37-27(31)19-17-8-6-4-2/h10-11,25-26,29-30H,3-9,12-24H2,1-2H3,(H,33,34)/b11-10-. The zero-order valence-corrected chi connectivity index (χ0v) is 25.0. The Balaban J connectivity index is 4.07. The number of allylic oxidation sites excluding steroid dienone is 2. The van der Waals surface area contributed by atoms with Crippen LogP contribution in [0, 0.1) is 0 Å². The molecule has 0 heterocycles. The highest BCUT2D eigenvalue weighted by Gasteiger charge is 2.27. The van der Waals surface area contributed by atoms with Crippen LogP contribution in [0.25, 0.3) is 0 Å². The van der Waals surface area contributed by atoms with Gasteiger partial charge in [0.25, 0.3) is 0 Å². The van der Waals surface area contributed by atoms with Gasteiger partial charge in [0, 0.05) is 12.8 Å². The monoisotopic (exact) mass is 580 g/mol. The Kier molecular flexibility index (Phi) is 24.8. The minimum atomic E-state index is -4.60. The lowest BCUT2D eigenvalue weighted by Crippen LogP contribution is -2.28. The first kappa shape index (κ1) is 37.7. The van der Waals surface area contributed by atoms with E-state index in [-0.39, 0.29) is 12.8 Å². The van der Waals surface area contributed by atoms with Gasteiger partial charge in [-0.25, -0.2) is 4.57 Å². The van der Waals surface area contributed by atoms with Crippen LogP contribution >= 0.6 is 7.82 Å². The first-order valence-electron chi connectivity index (χ1n) is 14.6. The quantitative estimate of drug-likeness (QED) is 0.0473. The number of phosphoric acid groups is 1. The molecule has 3 atom stereocenters. The molecule has 0 spiro atoms. The van der Waals surface area contributed by atoms with Crippen LogP contribution in [0.5, 0.6) is 0 Å². The van der Waals surface area contributed by atoms with E-state index < -0.39 is 58.4 Å². The van der Waals surface area contributed by atoms with E-state index in [2.05, 4.69) is 26.0 Å². The van der Waals surface area contributed by atoms with Crippen molar-refractivity contribution in [2.24, 2.45) is 0 Å². The number of hydrogen-bond donors (Lipinski definition) is 3. The van der Waals surface area contributed by atoms with Gasteiger partial charge in [0.1, 0.15) is 12.2 Å². The van der Waals surface area contributed by atoms with E-state index in [4.69, 9.17) is 18.5 Å². The molecule has 10 nitrogen and oxygen atoms in total. The summed E-state index contributed by atoms with van der Waals surface area (Å²) in [4.78, 5) is 33.7. The van der Waals surface area contributed by atoms with Crippen molar-refractivity contribution in [3.8, 4) is 0 Å². The van der Waals surface area contributed by atoms with Crippen molar-refractivity contribution in [3.05, 3.63) is 12.2 Å². The predicted molar refractivity (Wildman–Crippen MR) is 150 cm³/mol. The molecule has 39 heavy (non-hydrogen) atoms. The second-order valence-corrected chi connectivity index (χ2v) is 11.2. The van der Waals surface area contributed by atoms with Crippen molar-refractivity contribution in [2.45, 2.75) is 129 Å². The summed E-state index contributed by atoms with van der Waals surface area (Å²) in [6, 6.07) is 0. The Morgan fingerprint density at radius 1 is 0.667 bits per heavy atom. The molecular formula is C28H53O10P. The Morgan fingerprint density at radius 3 is 1.51 bits per heavy atom. The number of hydrogen-bond acceptors (Lipinski definition) is 9. The first-order valence-corrected chi connectivity index (χ1v) is 16.1. The van der Waals surface area contributed by atoms with Crippen LogP contribution in [0.3, 0.4) is 0 Å². The van der Waals surface area contributed by atoms with Crippen LogP contribution in [0.4, 0.5) is 0 Å². The number of rotatable bonds is 27. The van der Waals surface area contributed by atoms with E-state index >= 15 is 0 Å². The number of aliphatic hydroxyl groups excluding tert-OH is 2. The molecule has 11 heteroatoms. The SMILES string of the molecule is CCCCC/C=C\CCCCCCCC(=O)OC(CO)COP(=O)(O)OCC(CO)OC(=O)CCCCCC. The van der Waals surface area contributed by atoms with Crippen LogP contribution in [0.1, 0.15) is 117 Å². The number of ether oxygens (including phenoxy) is 2. The van der Waals surface area contributed by atoms with Crippen LogP contribution < -0.4 is 0 Å². The molecule has 0 rings (SSSR count). The van der Waals surface area contributed by atoms with Gasteiger partial charge < -0.3 is 24.6 Å². The number of carbonyl (C=O) groups is 2. The zero-order chi connectivity index (χ0) is 29.2. The van der Waals surface area contributed by atoms with Crippen molar-refractivity contribution in [2.75, 3.05) is 26.4 Å². The lowest BCUT2D eigenvalue weighted by molar-refractivity contribution is -0.153. The average molecular weight is 581 g/mol. The third-order valence-corrected chi connectivity index (χ3v) is 6.93. The van der Waals surface area contributed by atoms with Crippen molar-refractivity contribution < 1.29 is 47.8 Å². The maximum atomic E-state index is 12.1. The fourth-order valence-corrected chi connectivity index (χ4v) is 4.42. The van der Waals surface area contributed by atoms with E-state index in [9.17, 15) is 29.3 Å². The predicted octanol–water partition coefficient (Wildman–Crippen LogP) is 5.77. The van der Waals surface area contributed by atoms with Crippen LogP contribution in [0.2, 0.25) is 0 Å². The van der Waals surface area contributed by atoms with Gasteiger partial charge >= 0.3 is 19.8 Å². The Bertz CT molecular complexity index is 685. The zero-order valence-electron chi connectivity index (χ0n) is 24.1. The number of phosphoric ester groups is 1. The minimum Gasteiger partial charge on any atom is -0.457 e. The van der Waals surface area contributed by atoms with E-state index in [1.807, 2.05) is 0 Å². The Hall–Kier alpha value is -1.29. The first-order chi connectivity index (χ1) is 18.8. The van der Waals surface area contributed by atoms with E-state index in [1.54, 1.807) is 0 Å². The molecule has 3 unspecified atom stereocenters. The molecule has 0 aromatic heterocycles. The summed E-state index contributed by atoms with van der Waals surface area (Å²) in [6.07, 6.45) is 17.0. The third kappa shape index (κ3) is 24.2. The Labute approximate surface area is 235 Å². The van der Waals surface area contributed by atoms with Crippen molar-refractivity contribution in [1.29, 1.82) is 0 Å². The maximum absolute atomic E-state index is 12.1. The molecule has 0 fully saturated rings. The molecule has 0 saturated carbocycles. The normalized spacial score (nSPS) is 14.7. The van der Waals surface area contributed by atoms with Gasteiger partial charge in [-0.3, -0.25) is 18.6 Å². The van der Waals surface area contributed by atoms with Crippen LogP contribution in [-0.2, 0) is 32.7 Å². The number of unbranched alkanes of at least 4 members (excludes halogenated alkanes) is 11. The summed E-state index contributed by atoms with van der Waals surface area (Å²) in [5.74, 6) is -1.05. The summed E-state index contributed by atoms with van der Waals surface area (Å²) >= 11 is 0. The van der Waals surface area contributed by atoms with Gasteiger partial charge in [-0.05, 0) is 38.5 Å². The summed E-state index contributed by atoms with van der Waals surface area (Å²) in [6.45, 7) is 1.97. The summed E-state index contributed by atoms with van der Waals surface area (Å²) in [5, 5.41) is 18.8. The van der Waals surface area contributed by atoms with Gasteiger partial charge in [0.15, 0.2) is 0 Å². The lowest BCUT2D eigenvalue weighted by Gasteiger charge is -2.20. The molecule has 0 aliphatic heterocycles. The average Bonchev–Trinajstić information content (AvgIpc) is 2.92. The number of carbonyl (C=O) groups excluding carboxylic acids is 2. The van der Waals surface area contributed by atoms with E-state index in [0.29, 0.717) is 12.8 Å². The highest BCUT2D eigenvalue weighted by Crippen LogP contribution is 2.43. The fraction of sp³-hybridized carbons (Fsp3) is 0.857. The topological polar surface area (TPSA) is 149 Å². The molecule has 230 valence electrons. The smallest absolute Gasteiger partial charge is 0.457 e. The summed E-state index contributed by atoms with van der Waals surface area (Å²) < 4.78 is 31.9. The van der Waals surface area contributed by atoms with E-state index in [0.717, 1.165) is 57.8 Å². The van der Waals surface area contributed by atoms with Crippen molar-refractivity contribution in [3.63, 3.8) is 0 Å². The number of esters is 2. The molecule has 0 amide bonds. The minimum absolute atomic E-state index is 0.184. The lowest BCUT2D eigenvalue weighted by atomic mass is 10.1. The molecule has 0 aliphatic rings. The highest BCUT2D eigenvalue weighted by atomic mass is 31.2. The molecular weight excluding hydrogens is 527 g/mol. The molecule has 0 saturated heterocycles. The van der Waals surface area contributed by atoms with Crippen molar-refractivity contribution >= 4 is 19.8 Å². The number of aliphatic hydroxyl groups is 2. The third-order valence-electron chi connectivity index (χ3n) is 5.98. The molecule has 0 aliphatic carbocycles. The van der Waals surface area contributed by atoms with Gasteiger partial charge in [-0.1, -0.05) is 77.4 Å².